The van der Waals surface area contributed by atoms with E-state index in [0.717, 1.165) is 6.42 Å². The molecule has 0 saturated carbocycles. The predicted octanol–water partition coefficient (Wildman–Crippen LogP) is 2.46. The van der Waals surface area contributed by atoms with Crippen LogP contribution in [0.25, 0.3) is 0 Å². The molecule has 1 aromatic rings. The fourth-order valence-electron chi connectivity index (χ4n) is 1.66. The first-order valence-corrected chi connectivity index (χ1v) is 5.89. The zero-order valence-corrected chi connectivity index (χ0v) is 10.6. The van der Waals surface area contributed by atoms with Gasteiger partial charge in [-0.15, -0.1) is 0 Å². The molecule has 0 aromatic heterocycles. The number of thiocarbonyl (C=S) groups is 1. The summed E-state index contributed by atoms with van der Waals surface area (Å²) in [5.41, 5.74) is 5.52. The molecule has 1 aromatic carbocycles. The van der Waals surface area contributed by atoms with Crippen molar-refractivity contribution in [1.29, 1.82) is 0 Å². The number of nitrogens with two attached hydrogens (primary N) is 1. The molecule has 0 aliphatic heterocycles. The van der Waals surface area contributed by atoms with Gasteiger partial charge < -0.3 is 5.73 Å². The number of nitrogens with zero attached hydrogens (tertiary/aromatic N) is 1. The molecule has 0 saturated heterocycles. The molecule has 0 aliphatic rings. The molecule has 0 fully saturated rings. The van der Waals surface area contributed by atoms with Crippen LogP contribution in [0.3, 0.4) is 0 Å². The Morgan fingerprint density at radius 3 is 2.41 bits per heavy atom. The Morgan fingerprint density at radius 1 is 1.35 bits per heavy atom. The van der Waals surface area contributed by atoms with Gasteiger partial charge in [0.1, 0.15) is 11.6 Å². The maximum absolute atomic E-state index is 13.5. The topological polar surface area (TPSA) is 29.3 Å². The molecule has 0 heterocycles. The molecule has 17 heavy (non-hydrogen) atoms. The summed E-state index contributed by atoms with van der Waals surface area (Å²) >= 11 is 4.82. The van der Waals surface area contributed by atoms with E-state index in [0.29, 0.717) is 18.1 Å². The van der Waals surface area contributed by atoms with E-state index >= 15 is 0 Å². The Morgan fingerprint density at radius 2 is 1.94 bits per heavy atom. The number of hydrogen-bond acceptors (Lipinski definition) is 2. The van der Waals surface area contributed by atoms with Crippen molar-refractivity contribution < 1.29 is 8.78 Å². The molecule has 94 valence electrons. The minimum Gasteiger partial charge on any atom is -0.392 e. The third-order valence-corrected chi connectivity index (χ3v) is 2.49. The van der Waals surface area contributed by atoms with Crippen LogP contribution in [0.1, 0.15) is 18.9 Å². The summed E-state index contributed by atoms with van der Waals surface area (Å²) in [4.78, 5) is 2.17. The van der Waals surface area contributed by atoms with E-state index in [-0.39, 0.29) is 12.1 Å². The van der Waals surface area contributed by atoms with Gasteiger partial charge in [-0.3, -0.25) is 4.90 Å². The molecule has 0 aliphatic carbocycles. The van der Waals surface area contributed by atoms with Crippen LogP contribution >= 0.6 is 12.2 Å². The third kappa shape index (κ3) is 4.36. The van der Waals surface area contributed by atoms with Crippen LogP contribution < -0.4 is 5.73 Å². The van der Waals surface area contributed by atoms with E-state index in [1.807, 2.05) is 11.8 Å². The lowest BCUT2D eigenvalue weighted by Crippen LogP contribution is -2.33. The lowest BCUT2D eigenvalue weighted by molar-refractivity contribution is 0.294. The first-order valence-electron chi connectivity index (χ1n) is 5.48. The van der Waals surface area contributed by atoms with Gasteiger partial charge in [-0.2, -0.15) is 0 Å². The lowest BCUT2D eigenvalue weighted by Gasteiger charge is -2.21. The van der Waals surface area contributed by atoms with Crippen LogP contribution in [0.2, 0.25) is 0 Å². The Bertz CT molecular complexity index is 376. The minimum atomic E-state index is -0.533. The molecule has 0 atom stereocenters. The SMILES string of the molecule is CCCN(CC(N)=S)Cc1c(F)cccc1F. The van der Waals surface area contributed by atoms with Gasteiger partial charge in [0.15, 0.2) is 0 Å². The van der Waals surface area contributed by atoms with E-state index in [4.69, 9.17) is 18.0 Å². The second kappa shape index (κ2) is 6.61. The van der Waals surface area contributed by atoms with E-state index in [1.165, 1.54) is 18.2 Å². The highest BCUT2D eigenvalue weighted by molar-refractivity contribution is 7.80. The van der Waals surface area contributed by atoms with Gasteiger partial charge in [0.25, 0.3) is 0 Å². The highest BCUT2D eigenvalue weighted by Crippen LogP contribution is 2.14. The molecule has 0 spiro atoms. The van der Waals surface area contributed by atoms with Crippen molar-refractivity contribution in [1.82, 2.24) is 4.90 Å². The smallest absolute Gasteiger partial charge is 0.130 e. The number of benzene rings is 1. The van der Waals surface area contributed by atoms with E-state index in [9.17, 15) is 8.78 Å². The number of halogens is 2. The number of rotatable bonds is 6. The zero-order valence-electron chi connectivity index (χ0n) is 9.75. The maximum Gasteiger partial charge on any atom is 0.130 e. The lowest BCUT2D eigenvalue weighted by atomic mass is 10.2. The summed E-state index contributed by atoms with van der Waals surface area (Å²) in [5, 5.41) is 0. The van der Waals surface area contributed by atoms with Crippen molar-refractivity contribution in [2.24, 2.45) is 5.73 Å². The van der Waals surface area contributed by atoms with Gasteiger partial charge in [0, 0.05) is 18.7 Å². The Labute approximate surface area is 105 Å². The second-order valence-electron chi connectivity index (χ2n) is 3.88. The van der Waals surface area contributed by atoms with Crippen molar-refractivity contribution in [2.75, 3.05) is 13.1 Å². The molecular formula is C12H16F2N2S. The third-order valence-electron chi connectivity index (χ3n) is 2.36. The Balaban J connectivity index is 2.81. The average Bonchev–Trinajstić information content (AvgIpc) is 2.23. The van der Waals surface area contributed by atoms with Crippen molar-refractivity contribution in [3.8, 4) is 0 Å². The average molecular weight is 258 g/mol. The van der Waals surface area contributed by atoms with Crippen LogP contribution in [0.5, 0.6) is 0 Å². The predicted molar refractivity (Wildman–Crippen MR) is 68.7 cm³/mol. The van der Waals surface area contributed by atoms with Crippen LogP contribution in [-0.2, 0) is 6.54 Å². The van der Waals surface area contributed by atoms with E-state index < -0.39 is 11.6 Å². The summed E-state index contributed by atoms with van der Waals surface area (Å²) in [6.45, 7) is 3.25. The molecule has 2 nitrogen and oxygen atoms in total. The number of hydrogen-bond donors (Lipinski definition) is 1. The van der Waals surface area contributed by atoms with Crippen LogP contribution in [0.4, 0.5) is 8.78 Å². The van der Waals surface area contributed by atoms with Crippen LogP contribution in [-0.4, -0.2) is 23.0 Å². The molecule has 0 radical (unpaired) electrons. The van der Waals surface area contributed by atoms with Crippen LogP contribution in [0, 0.1) is 11.6 Å². The quantitative estimate of drug-likeness (QED) is 0.795. The molecule has 1 rings (SSSR count). The Hall–Kier alpha value is -1.07. The maximum atomic E-state index is 13.5. The molecule has 0 bridgehead atoms. The molecule has 5 heteroatoms. The first kappa shape index (κ1) is 14.0. The van der Waals surface area contributed by atoms with Crippen molar-refractivity contribution >= 4 is 17.2 Å². The van der Waals surface area contributed by atoms with Crippen molar-refractivity contribution in [3.05, 3.63) is 35.4 Å². The molecular weight excluding hydrogens is 242 g/mol. The van der Waals surface area contributed by atoms with Gasteiger partial charge in [0.05, 0.1) is 4.99 Å². The minimum absolute atomic E-state index is 0.0669. The second-order valence-corrected chi connectivity index (χ2v) is 4.40. The first-order chi connectivity index (χ1) is 8.04. The van der Waals surface area contributed by atoms with Gasteiger partial charge in [0.2, 0.25) is 0 Å². The van der Waals surface area contributed by atoms with Crippen LogP contribution in [0.15, 0.2) is 18.2 Å². The van der Waals surface area contributed by atoms with Gasteiger partial charge >= 0.3 is 0 Å². The monoisotopic (exact) mass is 258 g/mol. The summed E-state index contributed by atoms with van der Waals surface area (Å²) in [6, 6.07) is 3.86. The van der Waals surface area contributed by atoms with Crippen molar-refractivity contribution in [3.63, 3.8) is 0 Å². The van der Waals surface area contributed by atoms with Gasteiger partial charge in [-0.05, 0) is 25.1 Å². The molecule has 0 amide bonds. The molecule has 2 N–H and O–H groups in total. The fourth-order valence-corrected chi connectivity index (χ4v) is 1.84. The largest absolute Gasteiger partial charge is 0.392 e. The summed E-state index contributed by atoms with van der Waals surface area (Å²) < 4.78 is 26.9. The standard InChI is InChI=1S/C12H16F2N2S/c1-2-6-16(8-12(15)17)7-9-10(13)4-3-5-11(9)14/h3-5H,2,6-8H2,1H3,(H2,15,17). The summed E-state index contributed by atoms with van der Waals surface area (Å²) in [5.74, 6) is -1.07. The van der Waals surface area contributed by atoms with E-state index in [1.54, 1.807) is 0 Å². The van der Waals surface area contributed by atoms with Gasteiger partial charge in [-0.1, -0.05) is 25.2 Å². The van der Waals surface area contributed by atoms with Crippen molar-refractivity contribution in [2.45, 2.75) is 19.9 Å². The zero-order chi connectivity index (χ0) is 12.8. The fraction of sp³-hybridized carbons (Fsp3) is 0.417. The summed E-state index contributed by atoms with van der Waals surface area (Å²) in [6.07, 6.45) is 0.874. The highest BCUT2D eigenvalue weighted by Gasteiger charge is 2.13. The molecule has 0 unspecified atom stereocenters. The Kier molecular flexibility index (Phi) is 5.44. The van der Waals surface area contributed by atoms with Gasteiger partial charge in [-0.25, -0.2) is 8.78 Å². The van der Waals surface area contributed by atoms with E-state index in [2.05, 4.69) is 0 Å². The summed E-state index contributed by atoms with van der Waals surface area (Å²) in [7, 11) is 0. The normalized spacial score (nSPS) is 10.8. The highest BCUT2D eigenvalue weighted by atomic mass is 32.1.